The number of nitrogens with zero attached hydrogens (tertiary/aromatic N) is 3. The van der Waals surface area contributed by atoms with Crippen LogP contribution < -0.4 is 4.90 Å². The molecular formula is C24H20ClN3O2. The first kappa shape index (κ1) is 18.7. The number of rotatable bonds is 3. The molecule has 3 aromatic carbocycles. The van der Waals surface area contributed by atoms with Crippen LogP contribution in [0.3, 0.4) is 0 Å². The molecule has 4 aromatic rings. The molecule has 1 amide bonds. The van der Waals surface area contributed by atoms with Crippen LogP contribution in [0.1, 0.15) is 10.4 Å². The lowest BCUT2D eigenvalue weighted by Gasteiger charge is -2.36. The molecule has 5 rings (SSSR count). The van der Waals surface area contributed by atoms with Crippen LogP contribution in [0.15, 0.2) is 77.3 Å². The van der Waals surface area contributed by atoms with Gasteiger partial charge in [-0.1, -0.05) is 53.2 Å². The van der Waals surface area contributed by atoms with Crippen molar-refractivity contribution in [3.8, 4) is 11.3 Å². The van der Waals surface area contributed by atoms with Crippen molar-refractivity contribution in [3.05, 3.63) is 83.4 Å². The summed E-state index contributed by atoms with van der Waals surface area (Å²) in [6, 6.07) is 23.2. The number of piperazine rings is 1. The minimum atomic E-state index is 0.0304. The molecule has 0 atom stereocenters. The molecule has 5 nitrogen and oxygen atoms in total. The van der Waals surface area contributed by atoms with Crippen molar-refractivity contribution in [3.63, 3.8) is 0 Å². The van der Waals surface area contributed by atoms with Crippen LogP contribution in [0.5, 0.6) is 0 Å². The van der Waals surface area contributed by atoms with Crippen LogP contribution in [0.2, 0.25) is 5.02 Å². The molecule has 2 heterocycles. The SMILES string of the molecule is O=C(c1ccc2noc(-c3ccccc3)c2c1)N1CCN(c2cccc(Cl)c2)CC1. The van der Waals surface area contributed by atoms with Crippen LogP contribution in [0, 0.1) is 0 Å². The van der Waals surface area contributed by atoms with Crippen LogP contribution >= 0.6 is 11.6 Å². The highest BCUT2D eigenvalue weighted by Gasteiger charge is 2.23. The summed E-state index contributed by atoms with van der Waals surface area (Å²) >= 11 is 6.11. The van der Waals surface area contributed by atoms with Gasteiger partial charge in [-0.2, -0.15) is 0 Å². The van der Waals surface area contributed by atoms with E-state index >= 15 is 0 Å². The number of aromatic nitrogens is 1. The number of anilines is 1. The van der Waals surface area contributed by atoms with Crippen molar-refractivity contribution in [2.45, 2.75) is 0 Å². The fourth-order valence-electron chi connectivity index (χ4n) is 3.90. The molecule has 1 saturated heterocycles. The minimum absolute atomic E-state index is 0.0304. The quantitative estimate of drug-likeness (QED) is 0.464. The Morgan fingerprint density at radius 3 is 2.47 bits per heavy atom. The van der Waals surface area contributed by atoms with E-state index < -0.39 is 0 Å². The van der Waals surface area contributed by atoms with Crippen molar-refractivity contribution in [2.75, 3.05) is 31.1 Å². The van der Waals surface area contributed by atoms with Gasteiger partial charge in [0.1, 0.15) is 5.52 Å². The van der Waals surface area contributed by atoms with E-state index in [4.69, 9.17) is 16.1 Å². The van der Waals surface area contributed by atoms with E-state index in [1.165, 1.54) is 0 Å². The molecule has 0 radical (unpaired) electrons. The molecule has 0 unspecified atom stereocenters. The maximum Gasteiger partial charge on any atom is 0.254 e. The van der Waals surface area contributed by atoms with E-state index in [0.29, 0.717) is 24.4 Å². The number of carbonyl (C=O) groups excluding carboxylic acids is 1. The minimum Gasteiger partial charge on any atom is -0.368 e. The summed E-state index contributed by atoms with van der Waals surface area (Å²) in [6.07, 6.45) is 0. The molecule has 1 fully saturated rings. The Labute approximate surface area is 179 Å². The number of hydrogen-bond acceptors (Lipinski definition) is 4. The molecule has 1 aliphatic heterocycles. The number of hydrogen-bond donors (Lipinski definition) is 0. The Kier molecular flexibility index (Phi) is 4.89. The molecular weight excluding hydrogens is 398 g/mol. The lowest BCUT2D eigenvalue weighted by atomic mass is 10.1. The van der Waals surface area contributed by atoms with E-state index in [1.807, 2.05) is 77.7 Å². The number of amides is 1. The van der Waals surface area contributed by atoms with E-state index in [0.717, 1.165) is 40.3 Å². The largest absolute Gasteiger partial charge is 0.368 e. The second kappa shape index (κ2) is 7.84. The molecule has 150 valence electrons. The third-order valence-corrected chi connectivity index (χ3v) is 5.73. The summed E-state index contributed by atoms with van der Waals surface area (Å²) in [7, 11) is 0. The zero-order chi connectivity index (χ0) is 20.5. The van der Waals surface area contributed by atoms with Crippen molar-refractivity contribution < 1.29 is 9.32 Å². The summed E-state index contributed by atoms with van der Waals surface area (Å²) in [5.41, 5.74) is 3.43. The first-order chi connectivity index (χ1) is 14.7. The van der Waals surface area contributed by atoms with Crippen molar-refractivity contribution in [1.82, 2.24) is 10.1 Å². The Bertz CT molecular complexity index is 1200. The normalized spacial score (nSPS) is 14.3. The highest BCUT2D eigenvalue weighted by Crippen LogP contribution is 2.29. The Morgan fingerprint density at radius 2 is 1.70 bits per heavy atom. The van der Waals surface area contributed by atoms with Gasteiger partial charge < -0.3 is 14.3 Å². The van der Waals surface area contributed by atoms with Gasteiger partial charge in [-0.3, -0.25) is 4.79 Å². The van der Waals surface area contributed by atoms with Gasteiger partial charge in [0.25, 0.3) is 5.91 Å². The van der Waals surface area contributed by atoms with Gasteiger partial charge in [0.2, 0.25) is 0 Å². The Hall–Kier alpha value is -3.31. The molecule has 6 heteroatoms. The van der Waals surface area contributed by atoms with Crippen molar-refractivity contribution in [2.24, 2.45) is 0 Å². The van der Waals surface area contributed by atoms with Gasteiger partial charge in [0.15, 0.2) is 5.76 Å². The van der Waals surface area contributed by atoms with E-state index in [1.54, 1.807) is 0 Å². The van der Waals surface area contributed by atoms with E-state index in [2.05, 4.69) is 10.1 Å². The summed E-state index contributed by atoms with van der Waals surface area (Å²) in [5.74, 6) is 0.717. The molecule has 0 N–H and O–H groups in total. The fourth-order valence-corrected chi connectivity index (χ4v) is 4.08. The number of carbonyl (C=O) groups is 1. The smallest absolute Gasteiger partial charge is 0.254 e. The standard InChI is InChI=1S/C24H20ClN3O2/c25-19-7-4-8-20(16-19)27-11-13-28(14-12-27)24(29)18-9-10-22-21(15-18)23(30-26-22)17-5-2-1-3-6-17/h1-10,15-16H,11-14H2. The highest BCUT2D eigenvalue weighted by atomic mass is 35.5. The zero-order valence-electron chi connectivity index (χ0n) is 16.3. The van der Waals surface area contributed by atoms with Gasteiger partial charge in [-0.05, 0) is 36.4 Å². The number of fused-ring (bicyclic) bond motifs is 1. The Morgan fingerprint density at radius 1 is 0.900 bits per heavy atom. The van der Waals surface area contributed by atoms with Gasteiger partial charge in [-0.15, -0.1) is 0 Å². The molecule has 0 bridgehead atoms. The second-order valence-electron chi connectivity index (χ2n) is 7.37. The predicted octanol–water partition coefficient (Wildman–Crippen LogP) is 5.11. The summed E-state index contributed by atoms with van der Waals surface area (Å²) < 4.78 is 5.56. The van der Waals surface area contributed by atoms with Gasteiger partial charge in [0.05, 0.1) is 5.39 Å². The summed E-state index contributed by atoms with van der Waals surface area (Å²) in [5, 5.41) is 5.72. The third-order valence-electron chi connectivity index (χ3n) is 5.50. The maximum atomic E-state index is 13.1. The lowest BCUT2D eigenvalue weighted by molar-refractivity contribution is 0.0747. The molecule has 0 spiro atoms. The lowest BCUT2D eigenvalue weighted by Crippen LogP contribution is -2.48. The fraction of sp³-hybridized carbons (Fsp3) is 0.167. The van der Waals surface area contributed by atoms with Crippen molar-refractivity contribution in [1.29, 1.82) is 0 Å². The van der Waals surface area contributed by atoms with Gasteiger partial charge in [0, 0.05) is 48.0 Å². The van der Waals surface area contributed by atoms with E-state index in [9.17, 15) is 4.79 Å². The van der Waals surface area contributed by atoms with Crippen LogP contribution in [0.4, 0.5) is 5.69 Å². The molecule has 0 saturated carbocycles. The molecule has 30 heavy (non-hydrogen) atoms. The monoisotopic (exact) mass is 417 g/mol. The first-order valence-corrected chi connectivity index (χ1v) is 10.3. The Balaban J connectivity index is 1.35. The summed E-state index contributed by atoms with van der Waals surface area (Å²) in [4.78, 5) is 17.3. The van der Waals surface area contributed by atoms with Gasteiger partial charge >= 0.3 is 0 Å². The predicted molar refractivity (Wildman–Crippen MR) is 119 cm³/mol. The van der Waals surface area contributed by atoms with Gasteiger partial charge in [-0.25, -0.2) is 0 Å². The first-order valence-electron chi connectivity index (χ1n) is 9.94. The van der Waals surface area contributed by atoms with Crippen LogP contribution in [-0.2, 0) is 0 Å². The van der Waals surface area contributed by atoms with Crippen LogP contribution in [-0.4, -0.2) is 42.1 Å². The van der Waals surface area contributed by atoms with E-state index in [-0.39, 0.29) is 5.91 Å². The molecule has 0 aliphatic carbocycles. The maximum absolute atomic E-state index is 13.1. The molecule has 1 aliphatic rings. The average molecular weight is 418 g/mol. The average Bonchev–Trinajstić information content (AvgIpc) is 3.22. The highest BCUT2D eigenvalue weighted by molar-refractivity contribution is 6.30. The second-order valence-corrected chi connectivity index (χ2v) is 7.81. The number of benzene rings is 3. The zero-order valence-corrected chi connectivity index (χ0v) is 17.0. The molecule has 1 aromatic heterocycles. The summed E-state index contributed by atoms with van der Waals surface area (Å²) in [6.45, 7) is 2.88. The van der Waals surface area contributed by atoms with Crippen molar-refractivity contribution >= 4 is 34.1 Å². The number of halogens is 1. The van der Waals surface area contributed by atoms with Crippen LogP contribution in [0.25, 0.3) is 22.2 Å². The topological polar surface area (TPSA) is 49.6 Å². The third kappa shape index (κ3) is 3.53.